The minimum Gasteiger partial charge on any atom is -0.434 e. The van der Waals surface area contributed by atoms with Crippen molar-refractivity contribution in [1.29, 1.82) is 0 Å². The summed E-state index contributed by atoms with van der Waals surface area (Å²) in [5.41, 5.74) is -0.531. The molecule has 2 amide bonds. The zero-order valence-electron chi connectivity index (χ0n) is 16.9. The molecule has 1 N–H and O–H groups in total. The van der Waals surface area contributed by atoms with Crippen LogP contribution in [-0.2, 0) is 17.5 Å². The molecule has 0 aliphatic carbocycles. The summed E-state index contributed by atoms with van der Waals surface area (Å²) in [6.45, 7) is -2.76. The van der Waals surface area contributed by atoms with Crippen molar-refractivity contribution in [3.05, 3.63) is 65.2 Å². The van der Waals surface area contributed by atoms with E-state index in [4.69, 9.17) is 0 Å². The fourth-order valence-electron chi connectivity index (χ4n) is 3.58. The number of rotatable bonds is 6. The van der Waals surface area contributed by atoms with Crippen LogP contribution in [0.4, 0.5) is 22.0 Å². The Morgan fingerprint density at radius 2 is 1.88 bits per heavy atom. The molecule has 2 aromatic rings. The topological polar surface area (TPSA) is 58.6 Å². The van der Waals surface area contributed by atoms with Crippen LogP contribution < -0.4 is 10.1 Å². The number of hydrogen-bond donors (Lipinski definition) is 1. The molecule has 3 rings (SSSR count). The fraction of sp³-hybridized carbons (Fsp3) is 0.364. The van der Waals surface area contributed by atoms with E-state index >= 15 is 0 Å². The van der Waals surface area contributed by atoms with Crippen LogP contribution in [0.2, 0.25) is 0 Å². The van der Waals surface area contributed by atoms with Crippen LogP contribution in [0.25, 0.3) is 0 Å². The number of carbonyl (C=O) groups excluding carboxylic acids is 2. The lowest BCUT2D eigenvalue weighted by Crippen LogP contribution is -2.45. The van der Waals surface area contributed by atoms with Crippen LogP contribution in [0.3, 0.4) is 0 Å². The number of likely N-dealkylation sites (tertiary alicyclic amines) is 1. The zero-order chi connectivity index (χ0) is 23.3. The lowest BCUT2D eigenvalue weighted by atomic mass is 9.96. The molecule has 0 bridgehead atoms. The van der Waals surface area contributed by atoms with E-state index in [0.29, 0.717) is 24.9 Å². The van der Waals surface area contributed by atoms with Crippen LogP contribution in [0.15, 0.2) is 48.5 Å². The fourth-order valence-corrected chi connectivity index (χ4v) is 3.58. The molecule has 32 heavy (non-hydrogen) atoms. The van der Waals surface area contributed by atoms with Crippen LogP contribution in [0.1, 0.15) is 34.3 Å². The first-order valence-electron chi connectivity index (χ1n) is 9.92. The normalized spacial score (nSPS) is 16.7. The summed E-state index contributed by atoms with van der Waals surface area (Å²) >= 11 is 0. The second kappa shape index (κ2) is 9.97. The van der Waals surface area contributed by atoms with Gasteiger partial charge < -0.3 is 15.0 Å². The summed E-state index contributed by atoms with van der Waals surface area (Å²) in [7, 11) is 0. The van der Waals surface area contributed by atoms with E-state index in [1.54, 1.807) is 0 Å². The molecule has 1 fully saturated rings. The number of alkyl halides is 5. The van der Waals surface area contributed by atoms with Crippen LogP contribution >= 0.6 is 0 Å². The van der Waals surface area contributed by atoms with Crippen LogP contribution in [0, 0.1) is 5.92 Å². The number of ether oxygens (including phenoxy) is 1. The highest BCUT2D eigenvalue weighted by Gasteiger charge is 2.31. The SMILES string of the molecule is O=C(NCc1cccc(C(F)(F)F)c1)C1CCCN(C(=O)c2ccccc2OC(F)F)C1. The van der Waals surface area contributed by atoms with Gasteiger partial charge in [0, 0.05) is 19.6 Å². The Kier molecular flexibility index (Phi) is 7.32. The summed E-state index contributed by atoms with van der Waals surface area (Å²) in [5.74, 6) is -1.74. The number of benzene rings is 2. The van der Waals surface area contributed by atoms with E-state index in [-0.39, 0.29) is 24.4 Å². The largest absolute Gasteiger partial charge is 0.434 e. The molecule has 1 atom stereocenters. The minimum atomic E-state index is -4.48. The highest BCUT2D eigenvalue weighted by molar-refractivity contribution is 5.97. The Balaban J connectivity index is 1.62. The van der Waals surface area contributed by atoms with Gasteiger partial charge in [-0.15, -0.1) is 0 Å². The van der Waals surface area contributed by atoms with Gasteiger partial charge >= 0.3 is 12.8 Å². The first kappa shape index (κ1) is 23.5. The summed E-state index contributed by atoms with van der Waals surface area (Å²) in [4.78, 5) is 26.8. The summed E-state index contributed by atoms with van der Waals surface area (Å²) < 4.78 is 68.2. The lowest BCUT2D eigenvalue weighted by Gasteiger charge is -2.32. The second-order valence-electron chi connectivity index (χ2n) is 7.38. The van der Waals surface area contributed by atoms with Crippen molar-refractivity contribution in [3.63, 3.8) is 0 Å². The third kappa shape index (κ3) is 5.95. The molecule has 1 unspecified atom stereocenters. The van der Waals surface area contributed by atoms with E-state index in [1.165, 1.54) is 41.3 Å². The minimum absolute atomic E-state index is 0.0298. The van der Waals surface area contributed by atoms with Gasteiger partial charge in [-0.05, 0) is 42.7 Å². The van der Waals surface area contributed by atoms with Gasteiger partial charge in [-0.2, -0.15) is 22.0 Å². The third-order valence-corrected chi connectivity index (χ3v) is 5.13. The Bertz CT molecular complexity index is 965. The first-order chi connectivity index (χ1) is 15.1. The van der Waals surface area contributed by atoms with Gasteiger partial charge in [-0.25, -0.2) is 0 Å². The highest BCUT2D eigenvalue weighted by atomic mass is 19.4. The Morgan fingerprint density at radius 3 is 2.59 bits per heavy atom. The number of halogens is 5. The molecule has 5 nitrogen and oxygen atoms in total. The molecule has 2 aromatic carbocycles. The van der Waals surface area contributed by atoms with E-state index in [2.05, 4.69) is 10.1 Å². The average Bonchev–Trinajstić information content (AvgIpc) is 2.76. The van der Waals surface area contributed by atoms with Crippen LogP contribution in [0.5, 0.6) is 5.75 Å². The molecule has 1 aliphatic rings. The number of piperidine rings is 1. The predicted octanol–water partition coefficient (Wildman–Crippen LogP) is 4.48. The van der Waals surface area contributed by atoms with Gasteiger partial charge in [0.15, 0.2) is 0 Å². The number of nitrogens with one attached hydrogen (secondary N) is 1. The van der Waals surface area contributed by atoms with Gasteiger partial charge in [-0.3, -0.25) is 9.59 Å². The van der Waals surface area contributed by atoms with Crippen molar-refractivity contribution < 1.29 is 36.3 Å². The molecular formula is C22H21F5N2O3. The Labute approximate surface area is 181 Å². The molecule has 10 heteroatoms. The maximum atomic E-state index is 12.8. The van der Waals surface area contributed by atoms with Gasteiger partial charge in [0.25, 0.3) is 5.91 Å². The number of para-hydroxylation sites is 1. The number of amides is 2. The second-order valence-corrected chi connectivity index (χ2v) is 7.38. The van der Waals surface area contributed by atoms with Gasteiger partial charge in [0.2, 0.25) is 5.91 Å². The van der Waals surface area contributed by atoms with E-state index in [1.807, 2.05) is 0 Å². The van der Waals surface area contributed by atoms with Gasteiger partial charge in [0.1, 0.15) is 5.75 Å². The standard InChI is InChI=1S/C22H21F5N2O3/c23-21(24)32-18-9-2-1-8-17(18)20(31)29-10-4-6-15(13-29)19(30)28-12-14-5-3-7-16(11-14)22(25,26)27/h1-3,5,7-9,11,15,21H,4,6,10,12-13H2,(H,28,30). The Morgan fingerprint density at radius 1 is 1.12 bits per heavy atom. The molecule has 1 aliphatic heterocycles. The van der Waals surface area contributed by atoms with Crippen LogP contribution in [-0.4, -0.2) is 36.4 Å². The Hall–Kier alpha value is -3.17. The molecule has 0 spiro atoms. The quantitative estimate of drug-likeness (QED) is 0.653. The third-order valence-electron chi connectivity index (χ3n) is 5.13. The van der Waals surface area contributed by atoms with Gasteiger partial charge in [0.05, 0.1) is 17.0 Å². The van der Waals surface area contributed by atoms with Gasteiger partial charge in [-0.1, -0.05) is 24.3 Å². The molecule has 0 radical (unpaired) electrons. The summed E-state index contributed by atoms with van der Waals surface area (Å²) in [5, 5.41) is 2.62. The highest BCUT2D eigenvalue weighted by Crippen LogP contribution is 2.29. The molecule has 0 saturated carbocycles. The van der Waals surface area contributed by atoms with E-state index in [0.717, 1.165) is 12.1 Å². The van der Waals surface area contributed by atoms with Crippen molar-refractivity contribution in [1.82, 2.24) is 10.2 Å². The van der Waals surface area contributed by atoms with E-state index < -0.39 is 36.1 Å². The molecule has 1 saturated heterocycles. The number of nitrogens with zero attached hydrogens (tertiary/aromatic N) is 1. The van der Waals surface area contributed by atoms with Crippen molar-refractivity contribution in [2.45, 2.75) is 32.2 Å². The first-order valence-corrected chi connectivity index (χ1v) is 9.92. The average molecular weight is 456 g/mol. The van der Waals surface area contributed by atoms with E-state index in [9.17, 15) is 31.5 Å². The summed E-state index contributed by atoms with van der Waals surface area (Å²) in [6, 6.07) is 10.3. The zero-order valence-corrected chi connectivity index (χ0v) is 16.9. The smallest absolute Gasteiger partial charge is 0.416 e. The van der Waals surface area contributed by atoms with Crippen molar-refractivity contribution in [2.24, 2.45) is 5.92 Å². The molecule has 0 aromatic heterocycles. The number of hydrogen-bond acceptors (Lipinski definition) is 3. The maximum Gasteiger partial charge on any atom is 0.416 e. The molecule has 172 valence electrons. The summed E-state index contributed by atoms with van der Waals surface area (Å²) in [6.07, 6.45) is -3.47. The monoisotopic (exact) mass is 456 g/mol. The van der Waals surface area contributed by atoms with Crippen molar-refractivity contribution in [2.75, 3.05) is 13.1 Å². The van der Waals surface area contributed by atoms with Crippen molar-refractivity contribution >= 4 is 11.8 Å². The maximum absolute atomic E-state index is 12.8. The molecular weight excluding hydrogens is 435 g/mol. The lowest BCUT2D eigenvalue weighted by molar-refractivity contribution is -0.137. The number of carbonyl (C=O) groups is 2. The van der Waals surface area contributed by atoms with Crippen molar-refractivity contribution in [3.8, 4) is 5.75 Å². The molecule has 1 heterocycles. The predicted molar refractivity (Wildman–Crippen MR) is 105 cm³/mol.